The van der Waals surface area contributed by atoms with E-state index >= 15 is 0 Å². The summed E-state index contributed by atoms with van der Waals surface area (Å²) in [5.41, 5.74) is 4.22. The van der Waals surface area contributed by atoms with Crippen LogP contribution in [0.2, 0.25) is 0 Å². The van der Waals surface area contributed by atoms with Crippen molar-refractivity contribution < 1.29 is 0 Å². The number of hydrogen-bond donors (Lipinski definition) is 2. The third-order valence-corrected chi connectivity index (χ3v) is 3.81. The molecule has 0 radical (unpaired) electrons. The summed E-state index contributed by atoms with van der Waals surface area (Å²) in [4.78, 5) is 8.81. The van der Waals surface area contributed by atoms with E-state index in [1.165, 1.54) is 0 Å². The standard InChI is InChI=1S/C21H28N4/c1-3-11-19(21-13-6-8-15-25-21)23-17-10-9-16-22-18(4-2)20-12-5-7-14-24-20/h4-8,11-15,22-23H,3,9-10,16-17H2,1-2H3/b18-4-,19-11-. The predicted octanol–water partition coefficient (Wildman–Crippen LogP) is 4.25. The Morgan fingerprint density at radius 1 is 0.880 bits per heavy atom. The van der Waals surface area contributed by atoms with Crippen LogP contribution in [0.1, 0.15) is 44.5 Å². The lowest BCUT2D eigenvalue weighted by molar-refractivity contribution is 0.677. The van der Waals surface area contributed by atoms with Crippen LogP contribution in [0.5, 0.6) is 0 Å². The second kappa shape index (κ2) is 11.0. The zero-order valence-corrected chi connectivity index (χ0v) is 15.2. The molecule has 2 aromatic rings. The van der Waals surface area contributed by atoms with Crippen molar-refractivity contribution in [2.45, 2.75) is 33.1 Å². The van der Waals surface area contributed by atoms with Crippen LogP contribution in [0.3, 0.4) is 0 Å². The van der Waals surface area contributed by atoms with Crippen molar-refractivity contribution in [3.63, 3.8) is 0 Å². The molecule has 0 aliphatic heterocycles. The summed E-state index contributed by atoms with van der Waals surface area (Å²) in [6.07, 6.45) is 11.1. The maximum atomic E-state index is 4.42. The Morgan fingerprint density at radius 2 is 1.44 bits per heavy atom. The highest BCUT2D eigenvalue weighted by Gasteiger charge is 2.02. The maximum absolute atomic E-state index is 4.42. The van der Waals surface area contributed by atoms with Crippen molar-refractivity contribution in [1.29, 1.82) is 0 Å². The lowest BCUT2D eigenvalue weighted by Crippen LogP contribution is -2.18. The lowest BCUT2D eigenvalue weighted by Gasteiger charge is -2.12. The predicted molar refractivity (Wildman–Crippen MR) is 106 cm³/mol. The summed E-state index contributed by atoms with van der Waals surface area (Å²) in [7, 11) is 0. The van der Waals surface area contributed by atoms with Gasteiger partial charge in [0.1, 0.15) is 0 Å². The Balaban J connectivity index is 1.71. The van der Waals surface area contributed by atoms with Crippen molar-refractivity contribution in [3.8, 4) is 0 Å². The van der Waals surface area contributed by atoms with E-state index in [4.69, 9.17) is 0 Å². The summed E-state index contributed by atoms with van der Waals surface area (Å²) in [6, 6.07) is 12.0. The molecule has 0 saturated carbocycles. The van der Waals surface area contributed by atoms with E-state index in [0.717, 1.165) is 55.1 Å². The number of aromatic nitrogens is 2. The molecule has 2 heterocycles. The molecule has 25 heavy (non-hydrogen) atoms. The monoisotopic (exact) mass is 336 g/mol. The summed E-state index contributed by atoms with van der Waals surface area (Å²) < 4.78 is 0. The van der Waals surface area contributed by atoms with Crippen LogP contribution in [-0.2, 0) is 0 Å². The van der Waals surface area contributed by atoms with Gasteiger partial charge in [-0.2, -0.15) is 0 Å². The average molecular weight is 336 g/mol. The number of pyridine rings is 2. The minimum Gasteiger partial charge on any atom is -0.384 e. The van der Waals surface area contributed by atoms with Crippen molar-refractivity contribution in [2.24, 2.45) is 0 Å². The van der Waals surface area contributed by atoms with Gasteiger partial charge in [0.15, 0.2) is 0 Å². The maximum Gasteiger partial charge on any atom is 0.0857 e. The van der Waals surface area contributed by atoms with E-state index in [2.05, 4.69) is 39.7 Å². The molecule has 132 valence electrons. The molecular formula is C21H28N4. The first-order valence-electron chi connectivity index (χ1n) is 9.02. The molecule has 2 aromatic heterocycles. The van der Waals surface area contributed by atoms with Crippen LogP contribution in [0.15, 0.2) is 60.9 Å². The topological polar surface area (TPSA) is 49.8 Å². The highest BCUT2D eigenvalue weighted by molar-refractivity contribution is 5.60. The molecule has 2 N–H and O–H groups in total. The molecule has 0 bridgehead atoms. The van der Waals surface area contributed by atoms with Crippen LogP contribution in [0, 0.1) is 0 Å². The Hall–Kier alpha value is -2.62. The Labute approximate surface area is 151 Å². The summed E-state index contributed by atoms with van der Waals surface area (Å²) in [6.45, 7) is 6.06. The number of hydrogen-bond acceptors (Lipinski definition) is 4. The molecule has 0 spiro atoms. The normalized spacial score (nSPS) is 12.1. The second-order valence-corrected chi connectivity index (χ2v) is 5.72. The van der Waals surface area contributed by atoms with Gasteiger partial charge < -0.3 is 10.6 Å². The Bertz CT molecular complexity index is 663. The number of nitrogens with zero attached hydrogens (tertiary/aromatic N) is 2. The number of nitrogens with one attached hydrogen (secondary N) is 2. The smallest absolute Gasteiger partial charge is 0.0857 e. The molecule has 0 amide bonds. The molecule has 0 aliphatic carbocycles. The summed E-state index contributed by atoms with van der Waals surface area (Å²) in [5.74, 6) is 0. The molecule has 0 fully saturated rings. The highest BCUT2D eigenvalue weighted by Crippen LogP contribution is 2.09. The largest absolute Gasteiger partial charge is 0.384 e. The van der Waals surface area contributed by atoms with Crippen LogP contribution in [0.4, 0.5) is 0 Å². The fourth-order valence-corrected chi connectivity index (χ4v) is 2.55. The Morgan fingerprint density at radius 3 is 1.92 bits per heavy atom. The van der Waals surface area contributed by atoms with Gasteiger partial charge in [-0.1, -0.05) is 31.2 Å². The molecule has 2 rings (SSSR count). The van der Waals surface area contributed by atoms with Crippen molar-refractivity contribution in [2.75, 3.05) is 13.1 Å². The van der Waals surface area contributed by atoms with Gasteiger partial charge in [-0.25, -0.2) is 0 Å². The first-order valence-corrected chi connectivity index (χ1v) is 9.02. The fourth-order valence-electron chi connectivity index (χ4n) is 2.55. The molecule has 0 unspecified atom stereocenters. The van der Waals surface area contributed by atoms with E-state index in [1.807, 2.05) is 55.7 Å². The van der Waals surface area contributed by atoms with E-state index in [0.29, 0.717) is 0 Å². The van der Waals surface area contributed by atoms with Gasteiger partial charge >= 0.3 is 0 Å². The van der Waals surface area contributed by atoms with Crippen molar-refractivity contribution >= 4 is 11.4 Å². The number of allylic oxidation sites excluding steroid dienone is 2. The third kappa shape index (κ3) is 6.42. The quantitative estimate of drug-likeness (QED) is 0.637. The molecule has 0 aromatic carbocycles. The van der Waals surface area contributed by atoms with Crippen LogP contribution in [0.25, 0.3) is 11.4 Å². The Kier molecular flexibility index (Phi) is 8.25. The van der Waals surface area contributed by atoms with Gasteiger partial charge in [0.2, 0.25) is 0 Å². The fraction of sp³-hybridized carbons (Fsp3) is 0.333. The molecule has 0 saturated heterocycles. The van der Waals surface area contributed by atoms with Crippen LogP contribution < -0.4 is 10.6 Å². The van der Waals surface area contributed by atoms with Gasteiger partial charge in [0.05, 0.1) is 22.8 Å². The molecule has 4 nitrogen and oxygen atoms in total. The zero-order chi connectivity index (χ0) is 17.7. The van der Waals surface area contributed by atoms with E-state index < -0.39 is 0 Å². The summed E-state index contributed by atoms with van der Waals surface area (Å²) >= 11 is 0. The number of unbranched alkanes of at least 4 members (excludes halogenated alkanes) is 1. The third-order valence-electron chi connectivity index (χ3n) is 3.81. The first kappa shape index (κ1) is 18.7. The molecule has 0 aliphatic rings. The zero-order valence-electron chi connectivity index (χ0n) is 15.2. The highest BCUT2D eigenvalue weighted by atomic mass is 14.9. The number of rotatable bonds is 10. The van der Waals surface area contributed by atoms with Crippen molar-refractivity contribution in [3.05, 3.63) is 72.3 Å². The first-order chi connectivity index (χ1) is 12.3. The van der Waals surface area contributed by atoms with Gasteiger partial charge in [0.25, 0.3) is 0 Å². The minimum atomic E-state index is 0.939. The molecule has 4 heteroatoms. The molecule has 0 atom stereocenters. The van der Waals surface area contributed by atoms with Gasteiger partial charge in [-0.3, -0.25) is 9.97 Å². The van der Waals surface area contributed by atoms with E-state index in [1.54, 1.807) is 0 Å². The van der Waals surface area contributed by atoms with Crippen LogP contribution >= 0.6 is 0 Å². The van der Waals surface area contributed by atoms with E-state index in [9.17, 15) is 0 Å². The lowest BCUT2D eigenvalue weighted by atomic mass is 10.2. The van der Waals surface area contributed by atoms with Gasteiger partial charge in [-0.05, 0) is 50.5 Å². The van der Waals surface area contributed by atoms with Crippen molar-refractivity contribution in [1.82, 2.24) is 20.6 Å². The summed E-state index contributed by atoms with van der Waals surface area (Å²) in [5, 5.41) is 6.99. The minimum absolute atomic E-state index is 0.939. The van der Waals surface area contributed by atoms with E-state index in [-0.39, 0.29) is 0 Å². The van der Waals surface area contributed by atoms with Gasteiger partial charge in [-0.15, -0.1) is 0 Å². The molecular weight excluding hydrogens is 308 g/mol. The van der Waals surface area contributed by atoms with Crippen LogP contribution in [-0.4, -0.2) is 23.1 Å². The second-order valence-electron chi connectivity index (χ2n) is 5.72. The SMILES string of the molecule is C/C=C(\NCCCCN/C(=C\CC)c1ccccn1)c1ccccn1. The average Bonchev–Trinajstić information content (AvgIpc) is 2.68. The van der Waals surface area contributed by atoms with Gasteiger partial charge in [0, 0.05) is 25.5 Å².